The molecule has 112 valence electrons. The van der Waals surface area contributed by atoms with Gasteiger partial charge in [0.05, 0.1) is 4.47 Å². The van der Waals surface area contributed by atoms with E-state index in [1.54, 1.807) is 12.1 Å². The summed E-state index contributed by atoms with van der Waals surface area (Å²) < 4.78 is 14.1. The molecular weight excluding hydrogens is 319 g/mol. The lowest BCUT2D eigenvalue weighted by molar-refractivity contribution is 0.165. The molecule has 2 nitrogen and oxygen atoms in total. The summed E-state index contributed by atoms with van der Waals surface area (Å²) >= 11 is 3.19. The molecule has 0 saturated carbocycles. The predicted octanol–water partition coefficient (Wildman–Crippen LogP) is 4.51. The summed E-state index contributed by atoms with van der Waals surface area (Å²) in [6.07, 6.45) is 3.74. The van der Waals surface area contributed by atoms with E-state index < -0.39 is 0 Å². The van der Waals surface area contributed by atoms with Crippen molar-refractivity contribution in [2.75, 3.05) is 25.0 Å². The number of nitrogens with zero attached hydrogens (tertiary/aromatic N) is 1. The molecule has 1 saturated heterocycles. The first-order chi connectivity index (χ1) is 9.60. The third-order valence-electron chi connectivity index (χ3n) is 4.10. The van der Waals surface area contributed by atoms with Gasteiger partial charge in [-0.3, -0.25) is 0 Å². The molecule has 2 rings (SSSR count). The van der Waals surface area contributed by atoms with Gasteiger partial charge in [-0.2, -0.15) is 0 Å². The molecular formula is C16H24BrFN2. The smallest absolute Gasteiger partial charge is 0.139 e. The molecule has 0 aliphatic carbocycles. The monoisotopic (exact) mass is 342 g/mol. The molecule has 1 N–H and O–H groups in total. The lowest BCUT2D eigenvalue weighted by Gasteiger charge is -2.36. The Labute approximate surface area is 129 Å². The lowest BCUT2D eigenvalue weighted by Crippen LogP contribution is -2.42. The largest absolute Gasteiger partial charge is 0.382 e. The van der Waals surface area contributed by atoms with Crippen LogP contribution < -0.4 is 5.32 Å². The molecule has 0 spiro atoms. The van der Waals surface area contributed by atoms with E-state index in [-0.39, 0.29) is 5.82 Å². The molecule has 1 heterocycles. The zero-order valence-electron chi connectivity index (χ0n) is 12.3. The number of nitrogens with one attached hydrogen (secondary N) is 1. The fourth-order valence-electron chi connectivity index (χ4n) is 2.99. The van der Waals surface area contributed by atoms with Crippen molar-refractivity contribution in [3.05, 3.63) is 28.5 Å². The van der Waals surface area contributed by atoms with Crippen LogP contribution in [0.3, 0.4) is 0 Å². The third-order valence-corrected chi connectivity index (χ3v) is 4.75. The summed E-state index contributed by atoms with van der Waals surface area (Å²) in [4.78, 5) is 2.55. The van der Waals surface area contributed by atoms with Crippen LogP contribution in [-0.4, -0.2) is 30.6 Å². The summed E-state index contributed by atoms with van der Waals surface area (Å²) in [5.41, 5.74) is 0.866. The number of hydrogen-bond acceptors (Lipinski definition) is 2. The molecule has 1 aromatic carbocycles. The highest BCUT2D eigenvalue weighted by Crippen LogP contribution is 2.24. The zero-order valence-corrected chi connectivity index (χ0v) is 13.9. The van der Waals surface area contributed by atoms with Crippen LogP contribution in [0.2, 0.25) is 0 Å². The SMILES string of the molecule is CCCN1CCCC(C(C)Nc2ccc(Br)c(F)c2)C1. The molecule has 1 fully saturated rings. The van der Waals surface area contributed by atoms with E-state index in [0.717, 1.165) is 12.2 Å². The van der Waals surface area contributed by atoms with Gasteiger partial charge in [-0.1, -0.05) is 6.92 Å². The first kappa shape index (κ1) is 15.8. The van der Waals surface area contributed by atoms with Crippen LogP contribution >= 0.6 is 15.9 Å². The number of anilines is 1. The minimum Gasteiger partial charge on any atom is -0.382 e. The normalized spacial score (nSPS) is 21.7. The standard InChI is InChI=1S/C16H24BrFN2/c1-3-8-20-9-4-5-13(11-20)12(2)19-14-6-7-15(17)16(18)10-14/h6-7,10,12-13,19H,3-5,8-9,11H2,1-2H3. The minimum absolute atomic E-state index is 0.210. The topological polar surface area (TPSA) is 15.3 Å². The van der Waals surface area contributed by atoms with Gasteiger partial charge >= 0.3 is 0 Å². The summed E-state index contributed by atoms with van der Waals surface area (Å²) in [6, 6.07) is 5.62. The highest BCUT2D eigenvalue weighted by Gasteiger charge is 2.24. The average Bonchev–Trinajstić information content (AvgIpc) is 2.43. The summed E-state index contributed by atoms with van der Waals surface area (Å²) in [5, 5.41) is 3.45. The number of rotatable bonds is 5. The molecule has 1 aliphatic rings. The fourth-order valence-corrected chi connectivity index (χ4v) is 3.23. The Bertz CT molecular complexity index is 436. The maximum absolute atomic E-state index is 13.5. The molecule has 4 heteroatoms. The molecule has 0 aromatic heterocycles. The Morgan fingerprint density at radius 2 is 2.30 bits per heavy atom. The maximum Gasteiger partial charge on any atom is 0.139 e. The van der Waals surface area contributed by atoms with Crippen molar-refractivity contribution in [1.82, 2.24) is 4.90 Å². The van der Waals surface area contributed by atoms with Crippen molar-refractivity contribution in [3.8, 4) is 0 Å². The second-order valence-electron chi connectivity index (χ2n) is 5.76. The first-order valence-corrected chi connectivity index (χ1v) is 8.33. The van der Waals surface area contributed by atoms with Crippen LogP contribution in [0.15, 0.2) is 22.7 Å². The molecule has 0 bridgehead atoms. The van der Waals surface area contributed by atoms with Crippen molar-refractivity contribution >= 4 is 21.6 Å². The molecule has 2 atom stereocenters. The third kappa shape index (κ3) is 4.19. The van der Waals surface area contributed by atoms with Gasteiger partial charge in [0.2, 0.25) is 0 Å². The molecule has 1 aromatic rings. The van der Waals surface area contributed by atoms with Crippen LogP contribution in [0.25, 0.3) is 0 Å². The molecule has 0 amide bonds. The summed E-state index contributed by atoms with van der Waals surface area (Å²) in [5.74, 6) is 0.431. The van der Waals surface area contributed by atoms with Crippen molar-refractivity contribution < 1.29 is 4.39 Å². The van der Waals surface area contributed by atoms with Crippen LogP contribution in [0.1, 0.15) is 33.1 Å². The van der Waals surface area contributed by atoms with E-state index >= 15 is 0 Å². The van der Waals surface area contributed by atoms with Gasteiger partial charge in [0.15, 0.2) is 0 Å². The van der Waals surface area contributed by atoms with E-state index in [1.165, 1.54) is 32.4 Å². The number of likely N-dealkylation sites (tertiary alicyclic amines) is 1. The van der Waals surface area contributed by atoms with Gasteiger partial charge in [-0.15, -0.1) is 0 Å². The summed E-state index contributed by atoms with van der Waals surface area (Å²) in [6.45, 7) is 8.01. The van der Waals surface area contributed by atoms with E-state index in [1.807, 2.05) is 6.07 Å². The van der Waals surface area contributed by atoms with Crippen LogP contribution in [-0.2, 0) is 0 Å². The Morgan fingerprint density at radius 1 is 1.50 bits per heavy atom. The Hall–Kier alpha value is -0.610. The van der Waals surface area contributed by atoms with Crippen molar-refractivity contribution in [1.29, 1.82) is 0 Å². The predicted molar refractivity (Wildman–Crippen MR) is 86.6 cm³/mol. The molecule has 1 aliphatic heterocycles. The van der Waals surface area contributed by atoms with Crippen LogP contribution in [0.5, 0.6) is 0 Å². The Kier molecular flexibility index (Phi) is 5.85. The fraction of sp³-hybridized carbons (Fsp3) is 0.625. The average molecular weight is 343 g/mol. The molecule has 20 heavy (non-hydrogen) atoms. The van der Waals surface area contributed by atoms with Gasteiger partial charge < -0.3 is 10.2 Å². The quantitative estimate of drug-likeness (QED) is 0.846. The second-order valence-corrected chi connectivity index (χ2v) is 6.62. The van der Waals surface area contributed by atoms with Gasteiger partial charge in [0.1, 0.15) is 5.82 Å². The molecule has 0 radical (unpaired) electrons. The van der Waals surface area contributed by atoms with E-state index in [2.05, 4.69) is 40.0 Å². The lowest BCUT2D eigenvalue weighted by atomic mass is 9.91. The zero-order chi connectivity index (χ0) is 14.5. The number of halogens is 2. The second kappa shape index (κ2) is 7.41. The molecule has 2 unspecified atom stereocenters. The first-order valence-electron chi connectivity index (χ1n) is 7.54. The van der Waals surface area contributed by atoms with Crippen LogP contribution in [0, 0.1) is 11.7 Å². The van der Waals surface area contributed by atoms with Gasteiger partial charge in [-0.05, 0) is 79.3 Å². The Balaban J connectivity index is 1.93. The highest BCUT2D eigenvalue weighted by atomic mass is 79.9. The Morgan fingerprint density at radius 3 is 3.00 bits per heavy atom. The highest BCUT2D eigenvalue weighted by molar-refractivity contribution is 9.10. The maximum atomic E-state index is 13.5. The van der Waals surface area contributed by atoms with E-state index in [4.69, 9.17) is 0 Å². The number of hydrogen-bond donors (Lipinski definition) is 1. The number of piperidine rings is 1. The van der Waals surface area contributed by atoms with Gasteiger partial charge in [0.25, 0.3) is 0 Å². The van der Waals surface area contributed by atoms with Crippen molar-refractivity contribution in [2.45, 2.75) is 39.2 Å². The van der Waals surface area contributed by atoms with Gasteiger partial charge in [-0.25, -0.2) is 4.39 Å². The van der Waals surface area contributed by atoms with E-state index in [0.29, 0.717) is 16.4 Å². The number of benzene rings is 1. The van der Waals surface area contributed by atoms with E-state index in [9.17, 15) is 4.39 Å². The minimum atomic E-state index is -0.210. The van der Waals surface area contributed by atoms with Gasteiger partial charge in [0, 0.05) is 18.3 Å². The van der Waals surface area contributed by atoms with Crippen LogP contribution in [0.4, 0.5) is 10.1 Å². The summed E-state index contributed by atoms with van der Waals surface area (Å²) in [7, 11) is 0. The van der Waals surface area contributed by atoms with Crippen molar-refractivity contribution in [3.63, 3.8) is 0 Å². The van der Waals surface area contributed by atoms with Crippen molar-refractivity contribution in [2.24, 2.45) is 5.92 Å².